The van der Waals surface area contributed by atoms with E-state index >= 15 is 0 Å². The molecule has 0 fully saturated rings. The molecule has 1 aromatic carbocycles. The van der Waals surface area contributed by atoms with Gasteiger partial charge in [0.1, 0.15) is 6.10 Å². The van der Waals surface area contributed by atoms with Crippen LogP contribution in [-0.2, 0) is 11.3 Å². The first-order valence-corrected chi connectivity index (χ1v) is 5.55. The van der Waals surface area contributed by atoms with Crippen LogP contribution in [0.2, 0.25) is 0 Å². The van der Waals surface area contributed by atoms with E-state index in [-0.39, 0.29) is 6.10 Å². The number of hydrogen-bond donors (Lipinski definition) is 0. The molecule has 0 aliphatic carbocycles. The summed E-state index contributed by atoms with van der Waals surface area (Å²) >= 11 is 0. The fourth-order valence-electron chi connectivity index (χ4n) is 1.25. The van der Waals surface area contributed by atoms with E-state index in [1.807, 2.05) is 19.1 Å². The van der Waals surface area contributed by atoms with Crippen molar-refractivity contribution in [2.75, 3.05) is 0 Å². The smallest absolute Gasteiger partial charge is 0.124 e. The van der Waals surface area contributed by atoms with E-state index in [1.165, 1.54) is 5.56 Å². The van der Waals surface area contributed by atoms with Crippen molar-refractivity contribution in [3.8, 4) is 0 Å². The molecule has 0 aliphatic rings. The standard InChI is InChI=1S/C13H19NO/c1-4-11(3)15-14-10-13-9-7-6-8-12(13)5-2/h6-11H,4-5H2,1-3H3. The SMILES string of the molecule is CCc1ccccc1C=NOC(C)CC. The number of oxime groups is 1. The van der Waals surface area contributed by atoms with Crippen molar-refractivity contribution in [3.63, 3.8) is 0 Å². The monoisotopic (exact) mass is 205 g/mol. The Balaban J connectivity index is 2.63. The highest BCUT2D eigenvalue weighted by molar-refractivity contribution is 5.81. The molecule has 1 atom stereocenters. The fourth-order valence-corrected chi connectivity index (χ4v) is 1.25. The van der Waals surface area contributed by atoms with Crippen molar-refractivity contribution in [1.29, 1.82) is 0 Å². The summed E-state index contributed by atoms with van der Waals surface area (Å²) < 4.78 is 0. The van der Waals surface area contributed by atoms with Gasteiger partial charge < -0.3 is 4.84 Å². The van der Waals surface area contributed by atoms with Gasteiger partial charge in [-0.25, -0.2) is 0 Å². The van der Waals surface area contributed by atoms with Crippen molar-refractivity contribution in [2.45, 2.75) is 39.7 Å². The number of hydrogen-bond acceptors (Lipinski definition) is 2. The highest BCUT2D eigenvalue weighted by Gasteiger charge is 1.97. The maximum atomic E-state index is 5.26. The van der Waals surface area contributed by atoms with E-state index in [4.69, 9.17) is 4.84 Å². The molecule has 1 aromatic rings. The normalized spacial score (nSPS) is 13.0. The number of rotatable bonds is 5. The van der Waals surface area contributed by atoms with Gasteiger partial charge in [-0.15, -0.1) is 0 Å². The number of aryl methyl sites for hydroxylation is 1. The van der Waals surface area contributed by atoms with Gasteiger partial charge in [0.25, 0.3) is 0 Å². The highest BCUT2D eigenvalue weighted by Crippen LogP contribution is 2.07. The zero-order valence-electron chi connectivity index (χ0n) is 9.73. The Morgan fingerprint density at radius 1 is 1.33 bits per heavy atom. The first-order valence-electron chi connectivity index (χ1n) is 5.55. The summed E-state index contributed by atoms with van der Waals surface area (Å²) in [6.07, 6.45) is 3.98. The second-order valence-electron chi connectivity index (χ2n) is 3.61. The van der Waals surface area contributed by atoms with Crippen LogP contribution in [0.25, 0.3) is 0 Å². The Hall–Kier alpha value is -1.31. The van der Waals surface area contributed by atoms with Crippen LogP contribution in [0.3, 0.4) is 0 Å². The van der Waals surface area contributed by atoms with Gasteiger partial charge in [-0.1, -0.05) is 43.3 Å². The Labute approximate surface area is 91.9 Å². The lowest BCUT2D eigenvalue weighted by Crippen LogP contribution is -2.01. The first-order chi connectivity index (χ1) is 7.27. The van der Waals surface area contributed by atoms with Crippen LogP contribution in [0.5, 0.6) is 0 Å². The topological polar surface area (TPSA) is 21.6 Å². The molecule has 82 valence electrons. The minimum absolute atomic E-state index is 0.190. The Bertz CT molecular complexity index is 320. The van der Waals surface area contributed by atoms with E-state index in [9.17, 15) is 0 Å². The van der Waals surface area contributed by atoms with Gasteiger partial charge >= 0.3 is 0 Å². The molecule has 0 aliphatic heterocycles. The summed E-state index contributed by atoms with van der Waals surface area (Å²) in [6, 6.07) is 8.24. The summed E-state index contributed by atoms with van der Waals surface area (Å²) in [5.74, 6) is 0. The summed E-state index contributed by atoms with van der Waals surface area (Å²) in [4.78, 5) is 5.26. The lowest BCUT2D eigenvalue weighted by atomic mass is 10.1. The van der Waals surface area contributed by atoms with Gasteiger partial charge in [0.2, 0.25) is 0 Å². The maximum Gasteiger partial charge on any atom is 0.124 e. The summed E-state index contributed by atoms with van der Waals surface area (Å²) in [6.45, 7) is 6.24. The molecule has 2 heteroatoms. The van der Waals surface area contributed by atoms with Crippen LogP contribution >= 0.6 is 0 Å². The molecule has 0 aromatic heterocycles. The second kappa shape index (κ2) is 6.23. The minimum atomic E-state index is 0.190. The van der Waals surface area contributed by atoms with Crippen LogP contribution in [0.1, 0.15) is 38.3 Å². The molecule has 15 heavy (non-hydrogen) atoms. The van der Waals surface area contributed by atoms with Gasteiger partial charge in [0.15, 0.2) is 0 Å². The second-order valence-corrected chi connectivity index (χ2v) is 3.61. The zero-order chi connectivity index (χ0) is 11.1. The van der Waals surface area contributed by atoms with Crippen LogP contribution in [0.4, 0.5) is 0 Å². The molecule has 0 N–H and O–H groups in total. The van der Waals surface area contributed by atoms with E-state index in [2.05, 4.69) is 31.1 Å². The molecule has 0 saturated carbocycles. The van der Waals surface area contributed by atoms with Gasteiger partial charge in [-0.2, -0.15) is 0 Å². The highest BCUT2D eigenvalue weighted by atomic mass is 16.6. The molecule has 0 saturated heterocycles. The van der Waals surface area contributed by atoms with Crippen molar-refractivity contribution >= 4 is 6.21 Å². The lowest BCUT2D eigenvalue weighted by molar-refractivity contribution is 0.0712. The first kappa shape index (κ1) is 11.8. The van der Waals surface area contributed by atoms with Crippen LogP contribution in [0.15, 0.2) is 29.4 Å². The lowest BCUT2D eigenvalue weighted by Gasteiger charge is -2.05. The third-order valence-corrected chi connectivity index (χ3v) is 2.44. The molecular formula is C13H19NO. The predicted molar refractivity (Wildman–Crippen MR) is 64.3 cm³/mol. The van der Waals surface area contributed by atoms with Gasteiger partial charge in [-0.3, -0.25) is 0 Å². The van der Waals surface area contributed by atoms with Crippen LogP contribution in [-0.4, -0.2) is 12.3 Å². The molecular weight excluding hydrogens is 186 g/mol. The van der Waals surface area contributed by atoms with E-state index in [0.29, 0.717) is 0 Å². The summed E-state index contributed by atoms with van der Waals surface area (Å²) in [7, 11) is 0. The van der Waals surface area contributed by atoms with Crippen LogP contribution in [0, 0.1) is 0 Å². The number of benzene rings is 1. The average Bonchev–Trinajstić information content (AvgIpc) is 2.29. The minimum Gasteiger partial charge on any atom is -0.393 e. The quantitative estimate of drug-likeness (QED) is 0.533. The van der Waals surface area contributed by atoms with Crippen molar-refractivity contribution in [2.24, 2.45) is 5.16 Å². The molecule has 0 spiro atoms. The van der Waals surface area contributed by atoms with Gasteiger partial charge in [0.05, 0.1) is 6.21 Å². The molecule has 0 bridgehead atoms. The molecule has 2 nitrogen and oxygen atoms in total. The molecule has 0 amide bonds. The average molecular weight is 205 g/mol. The van der Waals surface area contributed by atoms with Crippen molar-refractivity contribution in [3.05, 3.63) is 35.4 Å². The fraction of sp³-hybridized carbons (Fsp3) is 0.462. The largest absolute Gasteiger partial charge is 0.393 e. The van der Waals surface area contributed by atoms with Gasteiger partial charge in [-0.05, 0) is 30.9 Å². The van der Waals surface area contributed by atoms with E-state index in [1.54, 1.807) is 6.21 Å². The molecule has 0 radical (unpaired) electrons. The van der Waals surface area contributed by atoms with Gasteiger partial charge in [0, 0.05) is 0 Å². The molecule has 0 heterocycles. The summed E-state index contributed by atoms with van der Waals surface area (Å²) in [5.41, 5.74) is 2.44. The zero-order valence-corrected chi connectivity index (χ0v) is 9.73. The Morgan fingerprint density at radius 2 is 2.07 bits per heavy atom. The van der Waals surface area contributed by atoms with Crippen LogP contribution < -0.4 is 0 Å². The predicted octanol–water partition coefficient (Wildman–Crippen LogP) is 3.40. The van der Waals surface area contributed by atoms with Crippen molar-refractivity contribution in [1.82, 2.24) is 0 Å². The van der Waals surface area contributed by atoms with Crippen molar-refractivity contribution < 1.29 is 4.84 Å². The summed E-state index contributed by atoms with van der Waals surface area (Å²) in [5, 5.41) is 4.00. The third-order valence-electron chi connectivity index (χ3n) is 2.44. The van der Waals surface area contributed by atoms with E-state index in [0.717, 1.165) is 18.4 Å². The third kappa shape index (κ3) is 3.74. The molecule has 1 rings (SSSR count). The van der Waals surface area contributed by atoms with E-state index < -0.39 is 0 Å². The number of nitrogens with zero attached hydrogens (tertiary/aromatic N) is 1. The Kier molecular flexibility index (Phi) is 4.88. The molecule has 1 unspecified atom stereocenters. The Morgan fingerprint density at radius 3 is 2.73 bits per heavy atom. The maximum absolute atomic E-state index is 5.26.